The van der Waals surface area contributed by atoms with Gasteiger partial charge in [0.05, 0.1) is 0 Å². The molecule has 8 nitrogen and oxygen atoms in total. The van der Waals surface area contributed by atoms with Crippen LogP contribution >= 0.6 is 0 Å². The fourth-order valence-electron chi connectivity index (χ4n) is 0. The molecule has 0 fully saturated rings. The summed E-state index contributed by atoms with van der Waals surface area (Å²) in [7, 11) is -5.11. The van der Waals surface area contributed by atoms with Crippen molar-refractivity contribution in [1.29, 1.82) is 0 Å². The van der Waals surface area contributed by atoms with Gasteiger partial charge in [0.2, 0.25) is 0 Å². The molecule has 0 aliphatic rings. The molecule has 0 aliphatic carbocycles. The standard InChI is InChI=1S/Ca.Cr.H2O4Si.2H2O.2O/c;;1-5(2,3)4;;;;/h;;1-2H;2*1H2;;/q2*+2;-2;;;;/p-2. The van der Waals surface area contributed by atoms with Crippen LogP contribution in [0.4, 0.5) is 0 Å². The van der Waals surface area contributed by atoms with Crippen molar-refractivity contribution >= 4 is 46.8 Å². The Morgan fingerprint density at radius 2 is 1.09 bits per heavy atom. The first-order chi connectivity index (χ1) is 4.00. The Bertz CT molecular complexity index is 149. The molecular weight excluding hydrogens is 248 g/mol. The summed E-state index contributed by atoms with van der Waals surface area (Å²) in [5, 5.41) is 0. The summed E-state index contributed by atoms with van der Waals surface area (Å²) in [6, 6.07) is 0. The van der Waals surface area contributed by atoms with Crippen LogP contribution in [0.2, 0.25) is 0 Å². The van der Waals surface area contributed by atoms with E-state index in [0.717, 1.165) is 0 Å². The second-order valence-electron chi connectivity index (χ2n) is 0.996. The van der Waals surface area contributed by atoms with Gasteiger partial charge in [-0.15, -0.1) is 0 Å². The van der Waals surface area contributed by atoms with Gasteiger partial charge < -0.3 is 19.2 Å². The van der Waals surface area contributed by atoms with E-state index < -0.39 is 22.7 Å². The van der Waals surface area contributed by atoms with Gasteiger partial charge in [0.25, 0.3) is 0 Å². The molecule has 0 aromatic carbocycles. The zero-order valence-electron chi connectivity index (χ0n) is 5.04. The van der Waals surface area contributed by atoms with Crippen molar-refractivity contribution in [2.75, 3.05) is 0 Å². The van der Waals surface area contributed by atoms with Crippen LogP contribution in [0.15, 0.2) is 0 Å². The zero-order chi connectivity index (χ0) is 9.00. The van der Waals surface area contributed by atoms with Crippen LogP contribution in [-0.2, 0) is 21.2 Å². The van der Waals surface area contributed by atoms with E-state index in [-0.39, 0.29) is 37.7 Å². The van der Waals surface area contributed by atoms with Gasteiger partial charge in [-0.05, 0) is 0 Å². The van der Waals surface area contributed by atoms with E-state index in [1.807, 2.05) is 0 Å². The molecular formula is H4CaCrO8Si. The Balaban J connectivity index is -0.000000107. The Hall–Kier alpha value is 1.37. The van der Waals surface area contributed by atoms with Gasteiger partial charge in [0.1, 0.15) is 9.05 Å². The third kappa shape index (κ3) is 532. The van der Waals surface area contributed by atoms with Gasteiger partial charge in [-0.3, -0.25) is 0 Å². The average Bonchev–Trinajstić information content (AvgIpc) is 1.12. The van der Waals surface area contributed by atoms with Crippen LogP contribution in [0.1, 0.15) is 0 Å². The Morgan fingerprint density at radius 3 is 1.09 bits per heavy atom. The van der Waals surface area contributed by atoms with E-state index in [4.69, 9.17) is 35.1 Å². The second kappa shape index (κ2) is 6.84. The zero-order valence-corrected chi connectivity index (χ0v) is 9.52. The van der Waals surface area contributed by atoms with E-state index >= 15 is 0 Å². The molecule has 0 atom stereocenters. The van der Waals surface area contributed by atoms with E-state index in [1.54, 1.807) is 0 Å². The summed E-state index contributed by atoms with van der Waals surface area (Å²) in [5.41, 5.74) is 0. The molecule has 0 saturated carbocycles. The minimum atomic E-state index is -5.25. The quantitative estimate of drug-likeness (QED) is 0.310. The van der Waals surface area contributed by atoms with E-state index in [0.29, 0.717) is 0 Å². The van der Waals surface area contributed by atoms with Crippen LogP contribution in [0.3, 0.4) is 0 Å². The van der Waals surface area contributed by atoms with E-state index in [1.165, 1.54) is 0 Å². The summed E-state index contributed by atoms with van der Waals surface area (Å²) < 4.78 is 31.9. The Kier molecular flexibility index (Phi) is 11.3. The molecule has 4 N–H and O–H groups in total. The normalized spacial score (nSPS) is 10.7. The molecule has 0 aliphatic heterocycles. The SMILES string of the molecule is [Ca+2].[O-][Si]([O-])(O)O.[O]=[Cr](=[O])([OH])[OH]. The van der Waals surface area contributed by atoms with Crippen LogP contribution in [0.5, 0.6) is 0 Å². The molecule has 0 radical (unpaired) electrons. The van der Waals surface area contributed by atoms with Gasteiger partial charge in [-0.1, -0.05) is 0 Å². The number of hydrogen-bond acceptors (Lipinski definition) is 6. The molecule has 0 aromatic heterocycles. The fraction of sp³-hybridized carbons (Fsp3) is 0. The molecule has 0 aromatic rings. The number of rotatable bonds is 0. The van der Waals surface area contributed by atoms with Crippen LogP contribution < -0.4 is 9.59 Å². The first-order valence-electron chi connectivity index (χ1n) is 1.55. The minimum absolute atomic E-state index is 0. The molecule has 0 rings (SSSR count). The van der Waals surface area contributed by atoms with Crippen LogP contribution in [-0.4, -0.2) is 64.7 Å². The number of hydrogen-bond donors (Lipinski definition) is 4. The fourth-order valence-corrected chi connectivity index (χ4v) is 0. The van der Waals surface area contributed by atoms with Crippen molar-refractivity contribution in [2.45, 2.75) is 0 Å². The summed E-state index contributed by atoms with van der Waals surface area (Å²) in [6.45, 7) is 0. The third-order valence-electron chi connectivity index (χ3n) is 0. The molecule has 0 amide bonds. The van der Waals surface area contributed by atoms with Crippen LogP contribution in [0.25, 0.3) is 0 Å². The van der Waals surface area contributed by atoms with Gasteiger partial charge in [-0.2, -0.15) is 0 Å². The first kappa shape index (κ1) is 18.2. The van der Waals surface area contributed by atoms with Crippen molar-refractivity contribution in [1.82, 2.24) is 0 Å². The van der Waals surface area contributed by atoms with Gasteiger partial charge in [0.15, 0.2) is 0 Å². The summed E-state index contributed by atoms with van der Waals surface area (Å²) >= 11 is -5.25. The second-order valence-corrected chi connectivity index (χ2v) is 3.49. The molecule has 0 saturated heterocycles. The predicted octanol–water partition coefficient (Wildman–Crippen LogP) is -5.61. The third-order valence-corrected chi connectivity index (χ3v) is 0. The van der Waals surface area contributed by atoms with E-state index in [9.17, 15) is 0 Å². The molecule has 11 heteroatoms. The summed E-state index contributed by atoms with van der Waals surface area (Å²) in [6.07, 6.45) is 0. The van der Waals surface area contributed by atoms with Crippen molar-refractivity contribution in [3.63, 3.8) is 0 Å². The molecule has 64 valence electrons. The molecule has 0 spiro atoms. The van der Waals surface area contributed by atoms with Gasteiger partial charge >= 0.3 is 67.3 Å². The maximum atomic E-state index is 8.82. The molecule has 0 heterocycles. The topological polar surface area (TPSA) is 161 Å². The van der Waals surface area contributed by atoms with Crippen molar-refractivity contribution in [3.05, 3.63) is 0 Å². The summed E-state index contributed by atoms with van der Waals surface area (Å²) in [4.78, 5) is 31.8. The summed E-state index contributed by atoms with van der Waals surface area (Å²) in [5.74, 6) is 0. The van der Waals surface area contributed by atoms with Gasteiger partial charge in [-0.25, -0.2) is 0 Å². The van der Waals surface area contributed by atoms with Crippen LogP contribution in [0, 0.1) is 0 Å². The Labute approximate surface area is 94.6 Å². The Morgan fingerprint density at radius 1 is 1.09 bits per heavy atom. The first-order valence-corrected chi connectivity index (χ1v) is 5.45. The van der Waals surface area contributed by atoms with Crippen molar-refractivity contribution in [3.8, 4) is 0 Å². The molecule has 0 bridgehead atoms. The molecule has 11 heavy (non-hydrogen) atoms. The van der Waals surface area contributed by atoms with Crippen molar-refractivity contribution in [2.24, 2.45) is 0 Å². The average molecular weight is 252 g/mol. The predicted molar refractivity (Wildman–Crippen MR) is 21.8 cm³/mol. The van der Waals surface area contributed by atoms with Crippen molar-refractivity contribution < 1.29 is 48.7 Å². The maximum absolute atomic E-state index is 8.82. The monoisotopic (exact) mass is 252 g/mol. The molecule has 0 unspecified atom stereocenters. The van der Waals surface area contributed by atoms with Gasteiger partial charge in [0, 0.05) is 0 Å². The van der Waals surface area contributed by atoms with E-state index in [2.05, 4.69) is 0 Å².